The van der Waals surface area contributed by atoms with E-state index < -0.39 is 9.84 Å². The quantitative estimate of drug-likeness (QED) is 0.794. The van der Waals surface area contributed by atoms with Crippen molar-refractivity contribution in [3.8, 4) is 0 Å². The molecule has 1 aromatic carbocycles. The van der Waals surface area contributed by atoms with Crippen LogP contribution in [0.4, 0.5) is 0 Å². The highest BCUT2D eigenvalue weighted by Gasteiger charge is 2.18. The molecule has 1 heterocycles. The van der Waals surface area contributed by atoms with Crippen LogP contribution in [0, 0.1) is 6.92 Å². The summed E-state index contributed by atoms with van der Waals surface area (Å²) in [6, 6.07) is 10.8. The first kappa shape index (κ1) is 15.3. The second kappa shape index (κ2) is 6.55. The molecule has 0 saturated heterocycles. The number of thiophene rings is 1. The molecule has 0 atom stereocenters. The van der Waals surface area contributed by atoms with Gasteiger partial charge in [0.15, 0.2) is 9.84 Å². The molecule has 108 valence electrons. The molecule has 4 heteroatoms. The van der Waals surface area contributed by atoms with Gasteiger partial charge >= 0.3 is 0 Å². The van der Waals surface area contributed by atoms with Crippen molar-refractivity contribution in [3.05, 3.63) is 51.7 Å². The molecule has 0 aliphatic heterocycles. The van der Waals surface area contributed by atoms with Gasteiger partial charge in [-0.05, 0) is 43.5 Å². The molecule has 1 aromatic heterocycles. The van der Waals surface area contributed by atoms with Gasteiger partial charge < -0.3 is 0 Å². The van der Waals surface area contributed by atoms with Crippen LogP contribution in [0.15, 0.2) is 41.3 Å². The van der Waals surface area contributed by atoms with Gasteiger partial charge in [0.2, 0.25) is 0 Å². The van der Waals surface area contributed by atoms with Crippen molar-refractivity contribution in [3.63, 3.8) is 0 Å². The lowest BCUT2D eigenvalue weighted by Crippen LogP contribution is -2.04. The summed E-state index contributed by atoms with van der Waals surface area (Å²) in [7, 11) is -3.23. The number of sulfone groups is 1. The summed E-state index contributed by atoms with van der Waals surface area (Å²) >= 11 is 1.64. The highest BCUT2D eigenvalue weighted by atomic mass is 32.2. The molecule has 20 heavy (non-hydrogen) atoms. The van der Waals surface area contributed by atoms with Gasteiger partial charge in [-0.25, -0.2) is 8.42 Å². The van der Waals surface area contributed by atoms with E-state index in [1.165, 1.54) is 4.88 Å². The number of unbranched alkanes of at least 4 members (excludes halogenated alkanes) is 1. The van der Waals surface area contributed by atoms with E-state index >= 15 is 0 Å². The molecule has 2 aromatic rings. The third kappa shape index (κ3) is 3.70. The number of hydrogen-bond donors (Lipinski definition) is 0. The molecule has 2 nitrogen and oxygen atoms in total. The Morgan fingerprint density at radius 1 is 1.15 bits per heavy atom. The number of aryl methyl sites for hydroxylation is 2. The molecule has 0 N–H and O–H groups in total. The summed E-state index contributed by atoms with van der Waals surface area (Å²) in [5.41, 5.74) is 1.10. The van der Waals surface area contributed by atoms with E-state index in [-0.39, 0.29) is 5.75 Å². The van der Waals surface area contributed by atoms with Gasteiger partial charge in [-0.3, -0.25) is 0 Å². The Hall–Kier alpha value is -1.13. The Balaban J connectivity index is 2.19. The number of benzene rings is 1. The lowest BCUT2D eigenvalue weighted by molar-refractivity contribution is 0.595. The van der Waals surface area contributed by atoms with Crippen molar-refractivity contribution in [1.82, 2.24) is 0 Å². The maximum Gasteiger partial charge on any atom is 0.183 e. The van der Waals surface area contributed by atoms with Crippen LogP contribution in [0.3, 0.4) is 0 Å². The largest absolute Gasteiger partial charge is 0.223 e. The summed E-state index contributed by atoms with van der Waals surface area (Å²) in [5, 5.41) is 0. The van der Waals surface area contributed by atoms with E-state index in [0.717, 1.165) is 29.7 Å². The van der Waals surface area contributed by atoms with Crippen molar-refractivity contribution in [2.24, 2.45) is 0 Å². The molecule has 0 aliphatic carbocycles. The average Bonchev–Trinajstić information content (AvgIpc) is 2.77. The van der Waals surface area contributed by atoms with Gasteiger partial charge in [-0.1, -0.05) is 31.5 Å². The molecule has 0 saturated carbocycles. The zero-order valence-electron chi connectivity index (χ0n) is 11.9. The molecular formula is C16H20O2S2. The van der Waals surface area contributed by atoms with E-state index in [4.69, 9.17) is 0 Å². The first-order valence-corrected chi connectivity index (χ1v) is 9.36. The minimum atomic E-state index is -3.23. The summed E-state index contributed by atoms with van der Waals surface area (Å²) < 4.78 is 24.8. The number of rotatable bonds is 6. The molecule has 0 bridgehead atoms. The van der Waals surface area contributed by atoms with Gasteiger partial charge in [0.25, 0.3) is 0 Å². The Bertz CT molecular complexity index is 655. The fraction of sp³-hybridized carbons (Fsp3) is 0.375. The molecule has 0 amide bonds. The summed E-state index contributed by atoms with van der Waals surface area (Å²) in [4.78, 5) is 2.67. The Labute approximate surface area is 125 Å². The molecular weight excluding hydrogens is 288 g/mol. The fourth-order valence-corrected chi connectivity index (χ4v) is 5.12. The van der Waals surface area contributed by atoms with Gasteiger partial charge in [-0.2, -0.15) is 0 Å². The van der Waals surface area contributed by atoms with Crippen LogP contribution in [0.2, 0.25) is 0 Å². The van der Waals surface area contributed by atoms with Crippen molar-refractivity contribution < 1.29 is 8.42 Å². The van der Waals surface area contributed by atoms with E-state index in [0.29, 0.717) is 4.90 Å². The predicted octanol–water partition coefficient (Wildman–Crippen LogP) is 4.37. The minimum absolute atomic E-state index is 0.111. The van der Waals surface area contributed by atoms with Crippen LogP contribution in [0.5, 0.6) is 0 Å². The second-order valence-corrected chi connectivity index (χ2v) is 8.21. The van der Waals surface area contributed by atoms with Gasteiger partial charge in [0.1, 0.15) is 0 Å². The Morgan fingerprint density at radius 3 is 2.50 bits per heavy atom. The van der Waals surface area contributed by atoms with Crippen molar-refractivity contribution in [1.29, 1.82) is 0 Å². The van der Waals surface area contributed by atoms with E-state index in [1.807, 2.05) is 13.0 Å². The first-order valence-electron chi connectivity index (χ1n) is 6.89. The highest BCUT2D eigenvalue weighted by Crippen LogP contribution is 2.27. The third-order valence-corrected chi connectivity index (χ3v) is 6.41. The zero-order chi connectivity index (χ0) is 14.6. The fourth-order valence-electron chi connectivity index (χ4n) is 2.09. The van der Waals surface area contributed by atoms with E-state index in [1.54, 1.807) is 35.6 Å². The lowest BCUT2D eigenvalue weighted by Gasteiger charge is -2.03. The number of hydrogen-bond acceptors (Lipinski definition) is 3. The van der Waals surface area contributed by atoms with Crippen LogP contribution in [-0.2, 0) is 22.0 Å². The normalized spacial score (nSPS) is 11.7. The van der Waals surface area contributed by atoms with Crippen molar-refractivity contribution in [2.75, 3.05) is 0 Å². The minimum Gasteiger partial charge on any atom is -0.223 e. The predicted molar refractivity (Wildman–Crippen MR) is 85.0 cm³/mol. The van der Waals surface area contributed by atoms with Crippen LogP contribution < -0.4 is 0 Å². The molecule has 0 spiro atoms. The van der Waals surface area contributed by atoms with E-state index in [9.17, 15) is 8.42 Å². The van der Waals surface area contributed by atoms with Crippen molar-refractivity contribution >= 4 is 21.2 Å². The standard InChI is InChI=1S/C16H20O2S2/c1-3-4-8-14-11-13(2)16(19-14)12-20(17,18)15-9-6-5-7-10-15/h5-7,9-11H,3-4,8,12H2,1-2H3. The van der Waals surface area contributed by atoms with Gasteiger partial charge in [0.05, 0.1) is 10.6 Å². The van der Waals surface area contributed by atoms with Crippen LogP contribution in [0.1, 0.15) is 35.1 Å². The Morgan fingerprint density at radius 2 is 1.85 bits per heavy atom. The van der Waals surface area contributed by atoms with E-state index in [2.05, 4.69) is 13.0 Å². The van der Waals surface area contributed by atoms with Crippen LogP contribution in [-0.4, -0.2) is 8.42 Å². The summed E-state index contributed by atoms with van der Waals surface area (Å²) in [6.45, 7) is 4.17. The second-order valence-electron chi connectivity index (χ2n) is 4.99. The SMILES string of the molecule is CCCCc1cc(C)c(CS(=O)(=O)c2ccccc2)s1. The molecule has 0 radical (unpaired) electrons. The maximum absolute atomic E-state index is 12.4. The monoisotopic (exact) mass is 308 g/mol. The molecule has 0 fully saturated rings. The van der Waals surface area contributed by atoms with Gasteiger partial charge in [-0.15, -0.1) is 11.3 Å². The van der Waals surface area contributed by atoms with Gasteiger partial charge in [0, 0.05) is 9.75 Å². The molecule has 2 rings (SSSR count). The topological polar surface area (TPSA) is 34.1 Å². The summed E-state index contributed by atoms with van der Waals surface area (Å²) in [5.74, 6) is 0.111. The summed E-state index contributed by atoms with van der Waals surface area (Å²) in [6.07, 6.45) is 3.37. The third-order valence-electron chi connectivity index (χ3n) is 3.27. The zero-order valence-corrected chi connectivity index (χ0v) is 13.6. The lowest BCUT2D eigenvalue weighted by atomic mass is 10.2. The smallest absolute Gasteiger partial charge is 0.183 e. The highest BCUT2D eigenvalue weighted by molar-refractivity contribution is 7.90. The Kier molecular flexibility index (Phi) is 5.00. The average molecular weight is 308 g/mol. The maximum atomic E-state index is 12.4. The molecule has 0 aliphatic rings. The van der Waals surface area contributed by atoms with Crippen molar-refractivity contribution in [2.45, 2.75) is 43.8 Å². The molecule has 0 unspecified atom stereocenters. The van der Waals surface area contributed by atoms with Crippen LogP contribution in [0.25, 0.3) is 0 Å². The van der Waals surface area contributed by atoms with Crippen LogP contribution >= 0.6 is 11.3 Å². The first-order chi connectivity index (χ1) is 9.53.